The Kier molecular flexibility index (Phi) is 4.66. The number of nitro groups is 1. The lowest BCUT2D eigenvalue weighted by molar-refractivity contribution is -0.385. The second-order valence-corrected chi connectivity index (χ2v) is 4.88. The molecule has 0 saturated carbocycles. The Morgan fingerprint density at radius 1 is 1.09 bits per heavy atom. The predicted molar refractivity (Wildman–Crippen MR) is 84.6 cm³/mol. The maximum atomic E-state index is 12.1. The highest BCUT2D eigenvalue weighted by Crippen LogP contribution is 2.20. The first-order chi connectivity index (χ1) is 10.9. The summed E-state index contributed by atoms with van der Waals surface area (Å²) in [7, 11) is 0. The molecule has 0 aliphatic carbocycles. The molecule has 0 bridgehead atoms. The molecule has 2 aromatic rings. The average Bonchev–Trinajstić information content (AvgIpc) is 2.53. The van der Waals surface area contributed by atoms with E-state index in [1.165, 1.54) is 42.5 Å². The van der Waals surface area contributed by atoms with E-state index in [-0.39, 0.29) is 22.6 Å². The predicted octanol–water partition coefficient (Wildman–Crippen LogP) is 3.50. The molecule has 0 spiro atoms. The van der Waals surface area contributed by atoms with Crippen molar-refractivity contribution in [3.05, 3.63) is 80.9 Å². The van der Waals surface area contributed by atoms with Crippen molar-refractivity contribution in [1.82, 2.24) is 0 Å². The number of rotatable bonds is 5. The number of nitro benzene ring substituents is 1. The van der Waals surface area contributed by atoms with Crippen LogP contribution in [0, 0.1) is 17.0 Å². The number of benzene rings is 2. The number of hydrogen-bond donors (Lipinski definition) is 1. The topological polar surface area (TPSA) is 97.5 Å². The standard InChI is InChI=1S/C17H13NO5/c1-11-2-6-14(10-15(11)18(22)23)16(19)9-5-12-3-7-13(8-4-12)17(20)21/h2-10H,1H3,(H,20,21). The molecule has 0 aliphatic rings. The molecule has 116 valence electrons. The van der Waals surface area contributed by atoms with Gasteiger partial charge in [0.05, 0.1) is 10.5 Å². The van der Waals surface area contributed by atoms with Gasteiger partial charge in [-0.25, -0.2) is 4.79 Å². The third-order valence-corrected chi connectivity index (χ3v) is 3.28. The zero-order valence-electron chi connectivity index (χ0n) is 12.2. The maximum Gasteiger partial charge on any atom is 0.335 e. The molecule has 0 amide bonds. The van der Waals surface area contributed by atoms with Gasteiger partial charge in [0.1, 0.15) is 0 Å². The van der Waals surface area contributed by atoms with Gasteiger partial charge in [-0.15, -0.1) is 0 Å². The fourth-order valence-electron chi connectivity index (χ4n) is 1.96. The average molecular weight is 311 g/mol. The Labute approximate surface area is 131 Å². The van der Waals surface area contributed by atoms with Crippen LogP contribution in [0.25, 0.3) is 6.08 Å². The van der Waals surface area contributed by atoms with Gasteiger partial charge in [0, 0.05) is 17.2 Å². The monoisotopic (exact) mass is 311 g/mol. The Morgan fingerprint density at radius 2 is 1.70 bits per heavy atom. The molecule has 0 aromatic heterocycles. The second-order valence-electron chi connectivity index (χ2n) is 4.88. The van der Waals surface area contributed by atoms with Crippen molar-refractivity contribution in [1.29, 1.82) is 0 Å². The lowest BCUT2D eigenvalue weighted by atomic mass is 10.1. The number of nitrogens with zero attached hydrogens (tertiary/aromatic N) is 1. The van der Waals surface area contributed by atoms with Crippen LogP contribution < -0.4 is 0 Å². The highest BCUT2D eigenvalue weighted by Gasteiger charge is 2.13. The van der Waals surface area contributed by atoms with Crippen molar-refractivity contribution in [2.75, 3.05) is 0 Å². The molecule has 0 saturated heterocycles. The van der Waals surface area contributed by atoms with E-state index in [9.17, 15) is 19.7 Å². The lowest BCUT2D eigenvalue weighted by Crippen LogP contribution is -1.98. The SMILES string of the molecule is Cc1ccc(C(=O)C=Cc2ccc(C(=O)O)cc2)cc1[N+](=O)[O-]. The first-order valence-corrected chi connectivity index (χ1v) is 6.69. The number of allylic oxidation sites excluding steroid dienone is 1. The number of aromatic carboxylic acids is 1. The van der Waals surface area contributed by atoms with Crippen LogP contribution in [0.1, 0.15) is 31.8 Å². The van der Waals surface area contributed by atoms with Crippen LogP contribution in [0.5, 0.6) is 0 Å². The molecule has 0 radical (unpaired) electrons. The summed E-state index contributed by atoms with van der Waals surface area (Å²) < 4.78 is 0. The van der Waals surface area contributed by atoms with Gasteiger partial charge in [-0.3, -0.25) is 14.9 Å². The van der Waals surface area contributed by atoms with Gasteiger partial charge in [-0.1, -0.05) is 30.3 Å². The molecule has 0 unspecified atom stereocenters. The van der Waals surface area contributed by atoms with Gasteiger partial charge in [0.25, 0.3) is 5.69 Å². The van der Waals surface area contributed by atoms with E-state index < -0.39 is 10.9 Å². The van der Waals surface area contributed by atoms with Gasteiger partial charge in [-0.05, 0) is 30.7 Å². The quantitative estimate of drug-likeness (QED) is 0.394. The van der Waals surface area contributed by atoms with Gasteiger partial charge in [0.2, 0.25) is 0 Å². The van der Waals surface area contributed by atoms with Crippen molar-refractivity contribution in [2.24, 2.45) is 0 Å². The molecule has 23 heavy (non-hydrogen) atoms. The van der Waals surface area contributed by atoms with Crippen LogP contribution in [0.2, 0.25) is 0 Å². The Bertz CT molecular complexity index is 806. The minimum absolute atomic E-state index is 0.102. The second kappa shape index (κ2) is 6.65. The van der Waals surface area contributed by atoms with E-state index >= 15 is 0 Å². The van der Waals surface area contributed by atoms with E-state index in [0.29, 0.717) is 11.1 Å². The van der Waals surface area contributed by atoms with Crippen LogP contribution in [0.3, 0.4) is 0 Å². The van der Waals surface area contributed by atoms with Crippen LogP contribution in [0.15, 0.2) is 48.5 Å². The largest absolute Gasteiger partial charge is 0.478 e. The van der Waals surface area contributed by atoms with Crippen LogP contribution in [0.4, 0.5) is 5.69 Å². The van der Waals surface area contributed by atoms with Crippen LogP contribution in [-0.4, -0.2) is 21.8 Å². The van der Waals surface area contributed by atoms with Crippen molar-refractivity contribution in [3.8, 4) is 0 Å². The Morgan fingerprint density at radius 3 is 2.26 bits per heavy atom. The first kappa shape index (κ1) is 16.1. The fraction of sp³-hybridized carbons (Fsp3) is 0.0588. The summed E-state index contributed by atoms with van der Waals surface area (Å²) in [6.45, 7) is 1.60. The molecular formula is C17H13NO5. The van der Waals surface area contributed by atoms with E-state index in [0.717, 1.165) is 0 Å². The number of aryl methyl sites for hydroxylation is 1. The van der Waals surface area contributed by atoms with Gasteiger partial charge in [0.15, 0.2) is 5.78 Å². The zero-order valence-corrected chi connectivity index (χ0v) is 12.2. The third-order valence-electron chi connectivity index (χ3n) is 3.28. The van der Waals surface area contributed by atoms with Crippen molar-refractivity contribution in [3.63, 3.8) is 0 Å². The smallest absolute Gasteiger partial charge is 0.335 e. The minimum atomic E-state index is -1.02. The highest BCUT2D eigenvalue weighted by molar-refractivity contribution is 6.07. The molecule has 2 rings (SSSR count). The summed E-state index contributed by atoms with van der Waals surface area (Å²) in [5.74, 6) is -1.39. The van der Waals surface area contributed by atoms with Gasteiger partial charge >= 0.3 is 5.97 Å². The molecule has 2 aromatic carbocycles. The van der Waals surface area contributed by atoms with Gasteiger partial charge in [-0.2, -0.15) is 0 Å². The molecule has 6 nitrogen and oxygen atoms in total. The van der Waals surface area contributed by atoms with Crippen molar-refractivity contribution in [2.45, 2.75) is 6.92 Å². The van der Waals surface area contributed by atoms with Crippen molar-refractivity contribution >= 4 is 23.5 Å². The number of carbonyl (C=O) groups excluding carboxylic acids is 1. The maximum absolute atomic E-state index is 12.1. The van der Waals surface area contributed by atoms with Crippen LogP contribution in [-0.2, 0) is 0 Å². The number of carboxylic acid groups (broad SMARTS) is 1. The summed E-state index contributed by atoms with van der Waals surface area (Å²) in [5.41, 5.74) is 1.42. The summed E-state index contributed by atoms with van der Waals surface area (Å²) in [6, 6.07) is 10.3. The number of ketones is 1. The minimum Gasteiger partial charge on any atom is -0.478 e. The summed E-state index contributed by atoms with van der Waals surface area (Å²) in [5, 5.41) is 19.7. The number of carboxylic acids is 1. The first-order valence-electron chi connectivity index (χ1n) is 6.69. The zero-order chi connectivity index (χ0) is 17.0. The third kappa shape index (κ3) is 3.88. The Balaban J connectivity index is 2.19. The molecule has 0 aliphatic heterocycles. The van der Waals surface area contributed by atoms with Crippen molar-refractivity contribution < 1.29 is 19.6 Å². The van der Waals surface area contributed by atoms with E-state index in [4.69, 9.17) is 5.11 Å². The number of hydrogen-bond acceptors (Lipinski definition) is 4. The van der Waals surface area contributed by atoms with E-state index in [2.05, 4.69) is 0 Å². The molecule has 6 heteroatoms. The number of carbonyl (C=O) groups is 2. The highest BCUT2D eigenvalue weighted by atomic mass is 16.6. The summed E-state index contributed by atoms with van der Waals surface area (Å²) >= 11 is 0. The molecule has 0 fully saturated rings. The summed E-state index contributed by atoms with van der Waals surface area (Å²) in [6.07, 6.45) is 2.82. The molecular weight excluding hydrogens is 298 g/mol. The summed E-state index contributed by atoms with van der Waals surface area (Å²) in [4.78, 5) is 33.2. The molecule has 0 atom stereocenters. The van der Waals surface area contributed by atoms with Gasteiger partial charge < -0.3 is 5.11 Å². The van der Waals surface area contributed by atoms with Crippen LogP contribution >= 0.6 is 0 Å². The molecule has 0 heterocycles. The normalized spacial score (nSPS) is 10.7. The lowest BCUT2D eigenvalue weighted by Gasteiger charge is -2.00. The molecule has 1 N–H and O–H groups in total. The Hall–Kier alpha value is -3.28. The van der Waals surface area contributed by atoms with E-state index in [1.54, 1.807) is 19.1 Å². The van der Waals surface area contributed by atoms with E-state index in [1.807, 2.05) is 0 Å². The fourth-order valence-corrected chi connectivity index (χ4v) is 1.96.